The summed E-state index contributed by atoms with van der Waals surface area (Å²) in [5, 5.41) is 2.98. The molecule has 27 heavy (non-hydrogen) atoms. The van der Waals surface area contributed by atoms with Crippen LogP contribution in [0.25, 0.3) is 0 Å². The van der Waals surface area contributed by atoms with Gasteiger partial charge in [-0.1, -0.05) is 12.5 Å². The quantitative estimate of drug-likeness (QED) is 0.805. The van der Waals surface area contributed by atoms with Crippen LogP contribution in [0.4, 0.5) is 0 Å². The number of nitrogens with one attached hydrogen (secondary N) is 1. The molecule has 3 rings (SSSR count). The smallest absolute Gasteiger partial charge is 0.251 e. The molecular weight excluding hydrogens is 362 g/mol. The number of piperidine rings is 1. The number of rotatable bonds is 6. The van der Waals surface area contributed by atoms with E-state index in [9.17, 15) is 13.2 Å². The van der Waals surface area contributed by atoms with Gasteiger partial charge in [-0.25, -0.2) is 8.42 Å². The molecule has 0 radical (unpaired) electrons. The number of carbonyl (C=O) groups excluding carboxylic acids is 1. The van der Waals surface area contributed by atoms with Crippen LogP contribution in [0.2, 0.25) is 0 Å². The van der Waals surface area contributed by atoms with Crippen molar-refractivity contribution in [2.45, 2.75) is 50.5 Å². The van der Waals surface area contributed by atoms with E-state index in [4.69, 9.17) is 0 Å². The number of nitrogens with zero attached hydrogens (tertiary/aromatic N) is 2. The highest BCUT2D eigenvalue weighted by molar-refractivity contribution is 7.89. The Hall–Kier alpha value is -1.44. The van der Waals surface area contributed by atoms with E-state index in [0.717, 1.165) is 38.8 Å². The first-order valence-corrected chi connectivity index (χ1v) is 11.4. The Morgan fingerprint density at radius 1 is 1.19 bits per heavy atom. The van der Waals surface area contributed by atoms with Gasteiger partial charge in [0.15, 0.2) is 0 Å². The van der Waals surface area contributed by atoms with E-state index in [-0.39, 0.29) is 10.8 Å². The SMILES string of the molecule is CC(C)N1CCC(CNC(=O)c2cccc(S(=O)(=O)N3CCCCC3)c2)C1. The van der Waals surface area contributed by atoms with Crippen LogP contribution >= 0.6 is 0 Å². The molecule has 1 unspecified atom stereocenters. The summed E-state index contributed by atoms with van der Waals surface area (Å²) in [6.07, 6.45) is 3.95. The van der Waals surface area contributed by atoms with E-state index in [1.54, 1.807) is 18.2 Å². The molecule has 0 bridgehead atoms. The molecule has 150 valence electrons. The molecule has 2 aliphatic heterocycles. The van der Waals surface area contributed by atoms with Gasteiger partial charge in [-0.2, -0.15) is 4.31 Å². The lowest BCUT2D eigenvalue weighted by molar-refractivity contribution is 0.0947. The normalized spacial score (nSPS) is 22.3. The molecule has 7 heteroatoms. The zero-order valence-electron chi connectivity index (χ0n) is 16.4. The lowest BCUT2D eigenvalue weighted by Crippen LogP contribution is -2.36. The van der Waals surface area contributed by atoms with Crippen molar-refractivity contribution >= 4 is 15.9 Å². The van der Waals surface area contributed by atoms with E-state index < -0.39 is 10.0 Å². The Bertz CT molecular complexity index is 757. The maximum atomic E-state index is 12.8. The number of benzene rings is 1. The summed E-state index contributed by atoms with van der Waals surface area (Å²) in [7, 11) is -3.52. The average molecular weight is 394 g/mol. The maximum Gasteiger partial charge on any atom is 0.251 e. The van der Waals surface area contributed by atoms with Crippen LogP contribution in [0.3, 0.4) is 0 Å². The van der Waals surface area contributed by atoms with Gasteiger partial charge < -0.3 is 10.2 Å². The van der Waals surface area contributed by atoms with E-state index in [2.05, 4.69) is 24.1 Å². The minimum Gasteiger partial charge on any atom is -0.352 e. The van der Waals surface area contributed by atoms with Crippen molar-refractivity contribution in [1.82, 2.24) is 14.5 Å². The monoisotopic (exact) mass is 393 g/mol. The summed E-state index contributed by atoms with van der Waals surface area (Å²) in [5.41, 5.74) is 0.409. The van der Waals surface area contributed by atoms with Crippen LogP contribution < -0.4 is 5.32 Å². The number of sulfonamides is 1. The van der Waals surface area contributed by atoms with Crippen molar-refractivity contribution in [2.24, 2.45) is 5.92 Å². The molecule has 2 aliphatic rings. The molecule has 1 amide bonds. The number of likely N-dealkylation sites (tertiary alicyclic amines) is 1. The number of hydrogen-bond donors (Lipinski definition) is 1. The van der Waals surface area contributed by atoms with Crippen molar-refractivity contribution in [3.8, 4) is 0 Å². The van der Waals surface area contributed by atoms with E-state index in [0.29, 0.717) is 37.2 Å². The lowest BCUT2D eigenvalue weighted by Gasteiger charge is -2.26. The van der Waals surface area contributed by atoms with Crippen molar-refractivity contribution in [1.29, 1.82) is 0 Å². The topological polar surface area (TPSA) is 69.7 Å². The van der Waals surface area contributed by atoms with Gasteiger partial charge in [0.2, 0.25) is 10.0 Å². The molecule has 0 saturated carbocycles. The molecule has 0 aliphatic carbocycles. The van der Waals surface area contributed by atoms with Gasteiger partial charge in [-0.15, -0.1) is 0 Å². The highest BCUT2D eigenvalue weighted by Crippen LogP contribution is 2.22. The summed E-state index contributed by atoms with van der Waals surface area (Å²) < 4.78 is 27.2. The Kier molecular flexibility index (Phi) is 6.55. The first kappa shape index (κ1) is 20.3. The second-order valence-corrected chi connectivity index (χ2v) is 9.88. The van der Waals surface area contributed by atoms with Crippen molar-refractivity contribution in [3.63, 3.8) is 0 Å². The fourth-order valence-corrected chi connectivity index (χ4v) is 5.45. The van der Waals surface area contributed by atoms with E-state index >= 15 is 0 Å². The summed E-state index contributed by atoms with van der Waals surface area (Å²) in [5.74, 6) is 0.255. The summed E-state index contributed by atoms with van der Waals surface area (Å²) >= 11 is 0. The first-order chi connectivity index (χ1) is 12.9. The van der Waals surface area contributed by atoms with Gasteiger partial charge in [0.05, 0.1) is 4.90 Å². The standard InChI is InChI=1S/C20H31N3O3S/c1-16(2)22-12-9-17(15-22)14-21-20(24)18-7-6-8-19(13-18)27(25,26)23-10-4-3-5-11-23/h6-8,13,16-17H,3-5,9-12,14-15H2,1-2H3,(H,21,24). The second kappa shape index (κ2) is 8.71. The molecule has 0 aromatic heterocycles. The van der Waals surface area contributed by atoms with Gasteiger partial charge >= 0.3 is 0 Å². The van der Waals surface area contributed by atoms with Crippen LogP contribution in [0.15, 0.2) is 29.2 Å². The van der Waals surface area contributed by atoms with Gasteiger partial charge in [0.1, 0.15) is 0 Å². The molecule has 2 saturated heterocycles. The summed E-state index contributed by atoms with van der Waals surface area (Å²) in [6, 6.07) is 6.95. The molecule has 2 fully saturated rings. The molecule has 0 spiro atoms. The molecule has 1 aromatic rings. The van der Waals surface area contributed by atoms with Crippen LogP contribution in [0.1, 0.15) is 49.9 Å². The van der Waals surface area contributed by atoms with Crippen LogP contribution in [0, 0.1) is 5.92 Å². The average Bonchev–Trinajstić information content (AvgIpc) is 3.16. The third kappa shape index (κ3) is 4.89. The third-order valence-corrected chi connectivity index (χ3v) is 7.54. The van der Waals surface area contributed by atoms with Gasteiger partial charge in [0, 0.05) is 37.8 Å². The molecule has 1 aromatic carbocycles. The largest absolute Gasteiger partial charge is 0.352 e. The summed E-state index contributed by atoms with van der Waals surface area (Å²) in [6.45, 7) is 8.21. The predicted molar refractivity (Wildman–Crippen MR) is 106 cm³/mol. The van der Waals surface area contributed by atoms with Gasteiger partial charge in [-0.3, -0.25) is 4.79 Å². The van der Waals surface area contributed by atoms with Crippen molar-refractivity contribution in [2.75, 3.05) is 32.7 Å². The lowest BCUT2D eigenvalue weighted by atomic mass is 10.1. The Morgan fingerprint density at radius 2 is 1.93 bits per heavy atom. The fourth-order valence-electron chi connectivity index (χ4n) is 3.89. The minimum atomic E-state index is -3.52. The van der Waals surface area contributed by atoms with Crippen molar-refractivity contribution in [3.05, 3.63) is 29.8 Å². The maximum absolute atomic E-state index is 12.8. The highest BCUT2D eigenvalue weighted by atomic mass is 32.2. The Morgan fingerprint density at radius 3 is 2.59 bits per heavy atom. The third-order valence-electron chi connectivity index (χ3n) is 5.65. The molecular formula is C20H31N3O3S. The predicted octanol–water partition coefficient (Wildman–Crippen LogP) is 2.32. The fraction of sp³-hybridized carbons (Fsp3) is 0.650. The molecule has 2 heterocycles. The van der Waals surface area contributed by atoms with Crippen LogP contribution in [-0.2, 0) is 10.0 Å². The molecule has 6 nitrogen and oxygen atoms in total. The van der Waals surface area contributed by atoms with Crippen LogP contribution in [-0.4, -0.2) is 62.3 Å². The number of hydrogen-bond acceptors (Lipinski definition) is 4. The molecule has 1 N–H and O–H groups in total. The summed E-state index contributed by atoms with van der Waals surface area (Å²) in [4.78, 5) is 15.2. The number of amides is 1. The van der Waals surface area contributed by atoms with Gasteiger partial charge in [0.25, 0.3) is 5.91 Å². The minimum absolute atomic E-state index is 0.200. The van der Waals surface area contributed by atoms with E-state index in [1.807, 2.05) is 0 Å². The Balaban J connectivity index is 1.62. The zero-order valence-corrected chi connectivity index (χ0v) is 17.2. The Labute approximate surface area is 163 Å². The zero-order chi connectivity index (χ0) is 19.4. The number of carbonyl (C=O) groups is 1. The van der Waals surface area contributed by atoms with E-state index in [1.165, 1.54) is 10.4 Å². The second-order valence-electron chi connectivity index (χ2n) is 7.95. The van der Waals surface area contributed by atoms with Crippen molar-refractivity contribution < 1.29 is 13.2 Å². The van der Waals surface area contributed by atoms with Gasteiger partial charge in [-0.05, 0) is 63.8 Å². The first-order valence-electron chi connectivity index (χ1n) is 10.0. The highest BCUT2D eigenvalue weighted by Gasteiger charge is 2.27. The van der Waals surface area contributed by atoms with Crippen LogP contribution in [0.5, 0.6) is 0 Å². The molecule has 1 atom stereocenters.